The molecule has 1 saturated heterocycles. The first-order chi connectivity index (χ1) is 13.8. The molecule has 1 N–H and O–H groups in total. The van der Waals surface area contributed by atoms with E-state index in [9.17, 15) is 4.79 Å². The summed E-state index contributed by atoms with van der Waals surface area (Å²) in [4.78, 5) is 20.0. The predicted molar refractivity (Wildman–Crippen MR) is 108 cm³/mol. The van der Waals surface area contributed by atoms with Gasteiger partial charge in [0.25, 0.3) is 5.91 Å². The Balaban J connectivity index is 1.30. The molecule has 150 valence electrons. The summed E-state index contributed by atoms with van der Waals surface area (Å²) in [7, 11) is 0. The van der Waals surface area contributed by atoms with E-state index in [1.165, 1.54) is 32.1 Å². The standard InChI is InChI=1S/C22H30N4O2/c27-22(23-17-5-2-1-3-6-17)16-8-9-20-19(13-16)24-21-15-25(10-11-26(20)21)14-18-7-4-12-28-18/h8-9,13,17-18H,1-7,10-12,14-15H2,(H,23,27). The van der Waals surface area contributed by atoms with Gasteiger partial charge in [0, 0.05) is 37.8 Å². The monoisotopic (exact) mass is 382 g/mol. The van der Waals surface area contributed by atoms with Gasteiger partial charge in [-0.1, -0.05) is 19.3 Å². The van der Waals surface area contributed by atoms with Gasteiger partial charge in [0.15, 0.2) is 0 Å². The molecule has 1 amide bonds. The molecule has 2 aromatic rings. The fourth-order valence-corrected chi connectivity index (χ4v) is 4.96. The lowest BCUT2D eigenvalue weighted by atomic mass is 9.95. The van der Waals surface area contributed by atoms with Crippen LogP contribution < -0.4 is 5.32 Å². The highest BCUT2D eigenvalue weighted by Crippen LogP contribution is 2.24. The SMILES string of the molecule is O=C(NC1CCCCC1)c1ccc2c(c1)nc1n2CCN(CC2CCCO2)C1. The van der Waals surface area contributed by atoms with Crippen LogP contribution in [0.5, 0.6) is 0 Å². The third-order valence-electron chi connectivity index (χ3n) is 6.52. The summed E-state index contributed by atoms with van der Waals surface area (Å²) in [5, 5.41) is 3.21. The number of nitrogens with zero attached hydrogens (tertiary/aromatic N) is 3. The molecule has 6 heteroatoms. The van der Waals surface area contributed by atoms with E-state index in [1.54, 1.807) is 0 Å². The first kappa shape index (κ1) is 18.1. The molecular formula is C22H30N4O2. The van der Waals surface area contributed by atoms with E-state index in [0.717, 1.165) is 68.0 Å². The molecule has 1 aromatic carbocycles. The number of fused-ring (bicyclic) bond motifs is 3. The number of carbonyl (C=O) groups excluding carboxylic acids is 1. The minimum Gasteiger partial charge on any atom is -0.377 e. The molecule has 0 bridgehead atoms. The zero-order valence-corrected chi connectivity index (χ0v) is 16.5. The minimum atomic E-state index is 0.0415. The van der Waals surface area contributed by atoms with E-state index in [1.807, 2.05) is 12.1 Å². The maximum absolute atomic E-state index is 12.7. The maximum atomic E-state index is 12.7. The Morgan fingerprint density at radius 2 is 2.04 bits per heavy atom. The van der Waals surface area contributed by atoms with Crippen molar-refractivity contribution >= 4 is 16.9 Å². The lowest BCUT2D eigenvalue weighted by molar-refractivity contribution is 0.0636. The maximum Gasteiger partial charge on any atom is 0.251 e. The smallest absolute Gasteiger partial charge is 0.251 e. The number of nitrogens with one attached hydrogen (secondary N) is 1. The van der Waals surface area contributed by atoms with Crippen LogP contribution in [0.15, 0.2) is 18.2 Å². The topological polar surface area (TPSA) is 59.4 Å². The Labute approximate surface area is 166 Å². The lowest BCUT2D eigenvalue weighted by Crippen LogP contribution is -2.38. The highest BCUT2D eigenvalue weighted by molar-refractivity contribution is 5.97. The van der Waals surface area contributed by atoms with Crippen LogP contribution in [0, 0.1) is 0 Å². The molecule has 1 atom stereocenters. The molecule has 3 aliphatic rings. The molecule has 28 heavy (non-hydrogen) atoms. The van der Waals surface area contributed by atoms with Gasteiger partial charge in [0.1, 0.15) is 5.82 Å². The summed E-state index contributed by atoms with van der Waals surface area (Å²) in [6.07, 6.45) is 8.68. The Bertz CT molecular complexity index is 850. The van der Waals surface area contributed by atoms with Crippen molar-refractivity contribution in [1.29, 1.82) is 0 Å². The van der Waals surface area contributed by atoms with Crippen LogP contribution in [-0.4, -0.2) is 52.2 Å². The number of hydrogen-bond acceptors (Lipinski definition) is 4. The average Bonchev–Trinajstić information content (AvgIpc) is 3.35. The molecule has 2 fully saturated rings. The van der Waals surface area contributed by atoms with Gasteiger partial charge < -0.3 is 14.6 Å². The molecular weight excluding hydrogens is 352 g/mol. The van der Waals surface area contributed by atoms with Crippen molar-refractivity contribution in [1.82, 2.24) is 19.8 Å². The van der Waals surface area contributed by atoms with Crippen LogP contribution in [0.3, 0.4) is 0 Å². The summed E-state index contributed by atoms with van der Waals surface area (Å²) in [5.74, 6) is 1.14. The van der Waals surface area contributed by atoms with Crippen LogP contribution >= 0.6 is 0 Å². The summed E-state index contributed by atoms with van der Waals surface area (Å²) in [6.45, 7) is 4.74. The normalized spacial score (nSPS) is 23.8. The molecule has 2 aliphatic heterocycles. The lowest BCUT2D eigenvalue weighted by Gasteiger charge is -2.29. The Kier molecular flexibility index (Phi) is 5.07. The highest BCUT2D eigenvalue weighted by atomic mass is 16.5. The summed E-state index contributed by atoms with van der Waals surface area (Å²) >= 11 is 0. The summed E-state index contributed by atoms with van der Waals surface area (Å²) in [6, 6.07) is 6.31. The molecule has 0 spiro atoms. The third kappa shape index (κ3) is 3.67. The van der Waals surface area contributed by atoms with Crippen LogP contribution in [0.25, 0.3) is 11.0 Å². The van der Waals surface area contributed by atoms with E-state index in [4.69, 9.17) is 9.72 Å². The van der Waals surface area contributed by atoms with Crippen LogP contribution in [0.2, 0.25) is 0 Å². The molecule has 1 unspecified atom stereocenters. The van der Waals surface area contributed by atoms with Crippen molar-refractivity contribution in [2.24, 2.45) is 0 Å². The van der Waals surface area contributed by atoms with E-state index in [2.05, 4.69) is 20.9 Å². The van der Waals surface area contributed by atoms with Gasteiger partial charge in [-0.2, -0.15) is 0 Å². The van der Waals surface area contributed by atoms with E-state index < -0.39 is 0 Å². The fraction of sp³-hybridized carbons (Fsp3) is 0.636. The summed E-state index contributed by atoms with van der Waals surface area (Å²) in [5.41, 5.74) is 2.80. The number of carbonyl (C=O) groups is 1. The van der Waals surface area contributed by atoms with Crippen LogP contribution in [0.4, 0.5) is 0 Å². The number of imidazole rings is 1. The van der Waals surface area contributed by atoms with Gasteiger partial charge in [-0.15, -0.1) is 0 Å². The fourth-order valence-electron chi connectivity index (χ4n) is 4.96. The van der Waals surface area contributed by atoms with Crippen molar-refractivity contribution in [3.63, 3.8) is 0 Å². The van der Waals surface area contributed by atoms with Crippen molar-refractivity contribution in [3.8, 4) is 0 Å². The van der Waals surface area contributed by atoms with Crippen molar-refractivity contribution in [2.45, 2.75) is 70.2 Å². The number of benzene rings is 1. The number of rotatable bonds is 4. The van der Waals surface area contributed by atoms with E-state index >= 15 is 0 Å². The predicted octanol–water partition coefficient (Wildman–Crippen LogP) is 3.09. The molecule has 0 radical (unpaired) electrons. The second-order valence-corrected chi connectivity index (χ2v) is 8.56. The van der Waals surface area contributed by atoms with Crippen LogP contribution in [0.1, 0.15) is 61.1 Å². The van der Waals surface area contributed by atoms with Gasteiger partial charge in [-0.3, -0.25) is 9.69 Å². The largest absolute Gasteiger partial charge is 0.377 e. The Morgan fingerprint density at radius 1 is 1.14 bits per heavy atom. The Hall–Kier alpha value is -1.92. The second kappa shape index (κ2) is 7.84. The van der Waals surface area contributed by atoms with Crippen molar-refractivity contribution in [3.05, 3.63) is 29.6 Å². The van der Waals surface area contributed by atoms with Crippen LogP contribution in [-0.2, 0) is 17.8 Å². The van der Waals surface area contributed by atoms with E-state index in [0.29, 0.717) is 12.1 Å². The first-order valence-corrected chi connectivity index (χ1v) is 10.9. The average molecular weight is 383 g/mol. The number of hydrogen-bond donors (Lipinski definition) is 1. The molecule has 6 nitrogen and oxygen atoms in total. The first-order valence-electron chi connectivity index (χ1n) is 10.9. The second-order valence-electron chi connectivity index (χ2n) is 8.56. The molecule has 5 rings (SSSR count). The van der Waals surface area contributed by atoms with Gasteiger partial charge >= 0.3 is 0 Å². The molecule has 1 aromatic heterocycles. The number of amides is 1. The quantitative estimate of drug-likeness (QED) is 0.883. The zero-order chi connectivity index (χ0) is 18.9. The molecule has 3 heterocycles. The Morgan fingerprint density at radius 3 is 2.86 bits per heavy atom. The van der Waals surface area contributed by atoms with Crippen molar-refractivity contribution in [2.75, 3.05) is 19.7 Å². The van der Waals surface area contributed by atoms with E-state index in [-0.39, 0.29) is 5.91 Å². The van der Waals surface area contributed by atoms with Crippen molar-refractivity contribution < 1.29 is 9.53 Å². The van der Waals surface area contributed by atoms with Gasteiger partial charge in [-0.05, 0) is 43.9 Å². The number of aromatic nitrogens is 2. The van der Waals surface area contributed by atoms with Gasteiger partial charge in [0.2, 0.25) is 0 Å². The minimum absolute atomic E-state index is 0.0415. The number of ether oxygens (including phenoxy) is 1. The highest BCUT2D eigenvalue weighted by Gasteiger charge is 2.25. The summed E-state index contributed by atoms with van der Waals surface area (Å²) < 4.78 is 8.10. The third-order valence-corrected chi connectivity index (χ3v) is 6.52. The molecule has 1 aliphatic carbocycles. The zero-order valence-electron chi connectivity index (χ0n) is 16.5. The van der Waals surface area contributed by atoms with Gasteiger partial charge in [-0.25, -0.2) is 4.98 Å². The molecule has 1 saturated carbocycles. The van der Waals surface area contributed by atoms with Gasteiger partial charge in [0.05, 0.1) is 23.7 Å².